The summed E-state index contributed by atoms with van der Waals surface area (Å²) in [6.07, 6.45) is 2.11. The Labute approximate surface area is 172 Å². The molecule has 0 fully saturated rings. The smallest absolute Gasteiger partial charge is 0.352 e. The maximum Gasteiger partial charge on any atom is 0.352 e. The standard InChI is InChI=1S/C21H22BrNO5/c1-3-27-19-13-16(12-18(21(25)26)23-14(2)24)11-17(22)20(19)28-10-9-15-7-5-4-6-8-15/h4-8,11-13H,3,9-10H2,1-2H3,(H,23,24)(H,25,26)/b18-12+. The van der Waals surface area contributed by atoms with Gasteiger partial charge in [0.05, 0.1) is 17.7 Å². The van der Waals surface area contributed by atoms with Crippen LogP contribution in [0.2, 0.25) is 0 Å². The first-order valence-electron chi connectivity index (χ1n) is 8.76. The lowest BCUT2D eigenvalue weighted by atomic mass is 10.1. The van der Waals surface area contributed by atoms with Crippen LogP contribution in [0, 0.1) is 0 Å². The molecule has 148 valence electrons. The van der Waals surface area contributed by atoms with Gasteiger partial charge in [-0.05, 0) is 52.2 Å². The molecule has 0 aliphatic carbocycles. The van der Waals surface area contributed by atoms with Crippen LogP contribution in [0.25, 0.3) is 6.08 Å². The fourth-order valence-corrected chi connectivity index (χ4v) is 3.07. The van der Waals surface area contributed by atoms with Crippen molar-refractivity contribution in [3.05, 3.63) is 63.8 Å². The summed E-state index contributed by atoms with van der Waals surface area (Å²) >= 11 is 3.46. The predicted molar refractivity (Wildman–Crippen MR) is 110 cm³/mol. The summed E-state index contributed by atoms with van der Waals surface area (Å²) in [4.78, 5) is 22.5. The van der Waals surface area contributed by atoms with E-state index in [0.717, 1.165) is 12.0 Å². The van der Waals surface area contributed by atoms with Gasteiger partial charge in [0.25, 0.3) is 0 Å². The number of ether oxygens (including phenoxy) is 2. The van der Waals surface area contributed by atoms with E-state index in [-0.39, 0.29) is 5.70 Å². The highest BCUT2D eigenvalue weighted by molar-refractivity contribution is 9.10. The second-order valence-electron chi connectivity index (χ2n) is 5.89. The van der Waals surface area contributed by atoms with E-state index in [1.165, 1.54) is 13.0 Å². The SMILES string of the molecule is CCOc1cc(/C=C(/NC(C)=O)C(=O)O)cc(Br)c1OCCc1ccccc1. The van der Waals surface area contributed by atoms with Crippen molar-refractivity contribution in [1.29, 1.82) is 0 Å². The molecule has 2 aromatic rings. The number of amides is 1. The van der Waals surface area contributed by atoms with Crippen molar-refractivity contribution in [2.24, 2.45) is 0 Å². The lowest BCUT2D eigenvalue weighted by Crippen LogP contribution is -2.24. The van der Waals surface area contributed by atoms with Gasteiger partial charge < -0.3 is 19.9 Å². The number of aliphatic carboxylic acids is 1. The highest BCUT2D eigenvalue weighted by atomic mass is 79.9. The summed E-state index contributed by atoms with van der Waals surface area (Å²) in [6.45, 7) is 3.99. The fraction of sp³-hybridized carbons (Fsp3) is 0.238. The number of benzene rings is 2. The largest absolute Gasteiger partial charge is 0.490 e. The van der Waals surface area contributed by atoms with Gasteiger partial charge in [-0.15, -0.1) is 0 Å². The van der Waals surface area contributed by atoms with Gasteiger partial charge in [0.2, 0.25) is 5.91 Å². The summed E-state index contributed by atoms with van der Waals surface area (Å²) in [7, 11) is 0. The Kier molecular flexibility index (Phi) is 8.07. The van der Waals surface area contributed by atoms with Crippen molar-refractivity contribution in [3.63, 3.8) is 0 Å². The van der Waals surface area contributed by atoms with Gasteiger partial charge >= 0.3 is 5.97 Å². The molecule has 28 heavy (non-hydrogen) atoms. The van der Waals surface area contributed by atoms with E-state index in [1.54, 1.807) is 12.1 Å². The molecule has 0 saturated carbocycles. The maximum atomic E-state index is 11.3. The van der Waals surface area contributed by atoms with E-state index >= 15 is 0 Å². The van der Waals surface area contributed by atoms with E-state index in [0.29, 0.717) is 34.7 Å². The first-order valence-corrected chi connectivity index (χ1v) is 9.55. The van der Waals surface area contributed by atoms with Crippen LogP contribution in [0.3, 0.4) is 0 Å². The number of hydrogen-bond acceptors (Lipinski definition) is 4. The average Bonchev–Trinajstić information content (AvgIpc) is 2.64. The first-order chi connectivity index (χ1) is 13.4. The third-order valence-electron chi connectivity index (χ3n) is 3.66. The van der Waals surface area contributed by atoms with E-state index in [2.05, 4.69) is 21.2 Å². The maximum absolute atomic E-state index is 11.3. The molecule has 0 radical (unpaired) electrons. The summed E-state index contributed by atoms with van der Waals surface area (Å²) in [5.41, 5.74) is 1.49. The van der Waals surface area contributed by atoms with Crippen molar-refractivity contribution in [3.8, 4) is 11.5 Å². The molecule has 0 aliphatic rings. The summed E-state index contributed by atoms with van der Waals surface area (Å²) < 4.78 is 12.2. The summed E-state index contributed by atoms with van der Waals surface area (Å²) in [5.74, 6) is -0.652. The van der Waals surface area contributed by atoms with Crippen LogP contribution in [0.15, 0.2) is 52.6 Å². The molecule has 1 amide bonds. The Morgan fingerprint density at radius 1 is 1.18 bits per heavy atom. The average molecular weight is 448 g/mol. The first kappa shape index (κ1) is 21.5. The number of halogens is 1. The highest BCUT2D eigenvalue weighted by Gasteiger charge is 2.14. The molecule has 0 spiro atoms. The minimum Gasteiger partial charge on any atom is -0.490 e. The van der Waals surface area contributed by atoms with Crippen LogP contribution in [0.1, 0.15) is 25.0 Å². The lowest BCUT2D eigenvalue weighted by molar-refractivity contribution is -0.134. The molecule has 0 aromatic heterocycles. The van der Waals surface area contributed by atoms with Gasteiger partial charge in [0, 0.05) is 13.3 Å². The van der Waals surface area contributed by atoms with Crippen molar-refractivity contribution in [2.45, 2.75) is 20.3 Å². The molecule has 0 unspecified atom stereocenters. The van der Waals surface area contributed by atoms with Crippen molar-refractivity contribution < 1.29 is 24.2 Å². The van der Waals surface area contributed by atoms with Gasteiger partial charge in [-0.3, -0.25) is 4.79 Å². The van der Waals surface area contributed by atoms with Crippen molar-refractivity contribution >= 4 is 33.9 Å². The Hall–Kier alpha value is -2.80. The Balaban J connectivity index is 2.24. The summed E-state index contributed by atoms with van der Waals surface area (Å²) in [6, 6.07) is 13.4. The number of rotatable bonds is 9. The Bertz CT molecular complexity index is 865. The van der Waals surface area contributed by atoms with E-state index < -0.39 is 11.9 Å². The van der Waals surface area contributed by atoms with Crippen LogP contribution in [0.5, 0.6) is 11.5 Å². The quantitative estimate of drug-likeness (QED) is 0.566. The highest BCUT2D eigenvalue weighted by Crippen LogP contribution is 2.37. The molecular formula is C21H22BrNO5. The van der Waals surface area contributed by atoms with Crippen LogP contribution >= 0.6 is 15.9 Å². The van der Waals surface area contributed by atoms with Crippen molar-refractivity contribution in [2.75, 3.05) is 13.2 Å². The normalized spacial score (nSPS) is 11.0. The van der Waals surface area contributed by atoms with Crippen molar-refractivity contribution in [1.82, 2.24) is 5.32 Å². The molecule has 0 saturated heterocycles. The van der Waals surface area contributed by atoms with E-state index in [9.17, 15) is 14.7 Å². The lowest BCUT2D eigenvalue weighted by Gasteiger charge is -2.15. The van der Waals surface area contributed by atoms with Crippen LogP contribution in [0.4, 0.5) is 0 Å². The minimum atomic E-state index is -1.23. The van der Waals surface area contributed by atoms with Gasteiger partial charge in [-0.25, -0.2) is 4.79 Å². The second kappa shape index (κ2) is 10.5. The molecule has 0 bridgehead atoms. The third kappa shape index (κ3) is 6.42. The molecule has 2 N–H and O–H groups in total. The third-order valence-corrected chi connectivity index (χ3v) is 4.25. The van der Waals surface area contributed by atoms with Crippen LogP contribution < -0.4 is 14.8 Å². The Morgan fingerprint density at radius 3 is 2.50 bits per heavy atom. The number of carbonyl (C=O) groups excluding carboxylic acids is 1. The molecule has 0 heterocycles. The van der Waals surface area contributed by atoms with Gasteiger partial charge in [0.15, 0.2) is 11.5 Å². The van der Waals surface area contributed by atoms with Gasteiger partial charge in [0.1, 0.15) is 5.70 Å². The second-order valence-corrected chi connectivity index (χ2v) is 6.75. The number of nitrogens with one attached hydrogen (secondary N) is 1. The molecule has 0 aliphatic heterocycles. The topological polar surface area (TPSA) is 84.9 Å². The van der Waals surface area contributed by atoms with Gasteiger partial charge in [-0.1, -0.05) is 30.3 Å². The Morgan fingerprint density at radius 2 is 1.89 bits per heavy atom. The zero-order chi connectivity index (χ0) is 20.5. The predicted octanol–water partition coefficient (Wildman–Crippen LogP) is 4.03. The number of carboxylic acid groups (broad SMARTS) is 1. The zero-order valence-corrected chi connectivity index (χ0v) is 17.3. The number of carboxylic acids is 1. The number of hydrogen-bond donors (Lipinski definition) is 2. The molecule has 2 rings (SSSR count). The van der Waals surface area contributed by atoms with Gasteiger partial charge in [-0.2, -0.15) is 0 Å². The molecule has 2 aromatic carbocycles. The molecule has 0 atom stereocenters. The zero-order valence-electron chi connectivity index (χ0n) is 15.7. The molecular weight excluding hydrogens is 426 g/mol. The summed E-state index contributed by atoms with van der Waals surface area (Å²) in [5, 5.41) is 11.6. The van der Waals surface area contributed by atoms with Crippen LogP contribution in [-0.2, 0) is 16.0 Å². The van der Waals surface area contributed by atoms with Crippen LogP contribution in [-0.4, -0.2) is 30.2 Å². The molecule has 6 nitrogen and oxygen atoms in total. The van der Waals surface area contributed by atoms with E-state index in [1.807, 2.05) is 37.3 Å². The monoisotopic (exact) mass is 447 g/mol. The van der Waals surface area contributed by atoms with E-state index in [4.69, 9.17) is 9.47 Å². The fourth-order valence-electron chi connectivity index (χ4n) is 2.50. The number of carbonyl (C=O) groups is 2. The minimum absolute atomic E-state index is 0.223. The molecule has 7 heteroatoms.